The van der Waals surface area contributed by atoms with Crippen molar-refractivity contribution in [3.63, 3.8) is 0 Å². The van der Waals surface area contributed by atoms with Crippen LogP contribution < -0.4 is 4.90 Å². The second-order valence-corrected chi connectivity index (χ2v) is 5.09. The van der Waals surface area contributed by atoms with Crippen LogP contribution in [0.2, 0.25) is 0 Å². The molecule has 3 rings (SSSR count). The zero-order chi connectivity index (χ0) is 14.3. The number of carboxylic acid groups (broad SMARTS) is 1. The number of anilines is 1. The van der Waals surface area contributed by atoms with E-state index in [1.165, 1.54) is 0 Å². The molecular formula is C15H13N3O2. The molecular weight excluding hydrogens is 254 g/mol. The van der Waals surface area contributed by atoms with Gasteiger partial charge < -0.3 is 10.0 Å². The highest BCUT2D eigenvalue weighted by Crippen LogP contribution is 2.34. The maximum atomic E-state index is 10.9. The first kappa shape index (κ1) is 12.4. The van der Waals surface area contributed by atoms with Crippen LogP contribution in [-0.4, -0.2) is 29.1 Å². The SMILES string of the molecule is Cc1ccc2ncc(C#N)c(N3CC(C(=O)O)C3)c2c1. The van der Waals surface area contributed by atoms with Gasteiger partial charge in [0.05, 0.1) is 22.7 Å². The van der Waals surface area contributed by atoms with Gasteiger partial charge in [-0.25, -0.2) is 0 Å². The molecule has 5 heteroatoms. The predicted octanol–water partition coefficient (Wildman–Crippen LogP) is 1.94. The highest BCUT2D eigenvalue weighted by atomic mass is 16.4. The Labute approximate surface area is 116 Å². The van der Waals surface area contributed by atoms with E-state index in [2.05, 4.69) is 11.1 Å². The second kappa shape index (κ2) is 4.49. The van der Waals surface area contributed by atoms with Crippen LogP contribution in [0.3, 0.4) is 0 Å². The van der Waals surface area contributed by atoms with Gasteiger partial charge in [-0.15, -0.1) is 0 Å². The second-order valence-electron chi connectivity index (χ2n) is 5.09. The third kappa shape index (κ3) is 1.86. The number of aromatic nitrogens is 1. The van der Waals surface area contributed by atoms with Gasteiger partial charge in [0.15, 0.2) is 0 Å². The summed E-state index contributed by atoms with van der Waals surface area (Å²) in [5, 5.41) is 19.1. The molecule has 0 spiro atoms. The molecule has 1 aromatic heterocycles. The van der Waals surface area contributed by atoms with Gasteiger partial charge in [0, 0.05) is 24.7 Å². The van der Waals surface area contributed by atoms with Crippen molar-refractivity contribution in [3.8, 4) is 6.07 Å². The van der Waals surface area contributed by atoms with Crippen molar-refractivity contribution in [1.29, 1.82) is 5.26 Å². The molecule has 0 atom stereocenters. The lowest BCUT2D eigenvalue weighted by Gasteiger charge is -2.39. The summed E-state index contributed by atoms with van der Waals surface area (Å²) in [4.78, 5) is 17.2. The standard InChI is InChI=1S/C15H13N3O2/c1-9-2-3-13-12(4-9)14(10(5-16)6-17-13)18-7-11(8-18)15(19)20/h2-4,6,11H,7-8H2,1H3,(H,19,20). The lowest BCUT2D eigenvalue weighted by molar-refractivity contribution is -0.142. The van der Waals surface area contributed by atoms with Gasteiger partial charge >= 0.3 is 5.97 Å². The molecule has 1 aromatic carbocycles. The molecule has 1 fully saturated rings. The average Bonchev–Trinajstić information content (AvgIpc) is 2.36. The first-order chi connectivity index (χ1) is 9.60. The minimum absolute atomic E-state index is 0.352. The number of hydrogen-bond acceptors (Lipinski definition) is 4. The third-order valence-electron chi connectivity index (χ3n) is 3.66. The number of aryl methyl sites for hydroxylation is 1. The van der Waals surface area contributed by atoms with Crippen molar-refractivity contribution < 1.29 is 9.90 Å². The van der Waals surface area contributed by atoms with Crippen LogP contribution in [-0.2, 0) is 4.79 Å². The molecule has 0 bridgehead atoms. The molecule has 0 radical (unpaired) electrons. The lowest BCUT2D eigenvalue weighted by atomic mass is 9.96. The number of rotatable bonds is 2. The molecule has 1 saturated heterocycles. The third-order valence-corrected chi connectivity index (χ3v) is 3.66. The van der Waals surface area contributed by atoms with Crippen molar-refractivity contribution in [2.75, 3.05) is 18.0 Å². The van der Waals surface area contributed by atoms with Crippen LogP contribution in [0, 0.1) is 24.2 Å². The fourth-order valence-electron chi connectivity index (χ4n) is 2.53. The minimum Gasteiger partial charge on any atom is -0.481 e. The van der Waals surface area contributed by atoms with Crippen LogP contribution in [0.5, 0.6) is 0 Å². The van der Waals surface area contributed by atoms with Gasteiger partial charge in [-0.05, 0) is 19.1 Å². The van der Waals surface area contributed by atoms with E-state index < -0.39 is 5.97 Å². The number of pyridine rings is 1. The highest BCUT2D eigenvalue weighted by molar-refractivity contribution is 5.95. The summed E-state index contributed by atoms with van der Waals surface area (Å²) >= 11 is 0. The summed E-state index contributed by atoms with van der Waals surface area (Å²) in [7, 11) is 0. The largest absolute Gasteiger partial charge is 0.481 e. The van der Waals surface area contributed by atoms with E-state index in [0.29, 0.717) is 18.7 Å². The summed E-state index contributed by atoms with van der Waals surface area (Å²) in [6, 6.07) is 8.04. The number of benzene rings is 1. The summed E-state index contributed by atoms with van der Waals surface area (Å²) in [6.45, 7) is 2.87. The molecule has 1 aliphatic heterocycles. The number of carbonyl (C=O) groups is 1. The maximum absolute atomic E-state index is 10.9. The smallest absolute Gasteiger partial charge is 0.310 e. The fourth-order valence-corrected chi connectivity index (χ4v) is 2.53. The minimum atomic E-state index is -0.783. The van der Waals surface area contributed by atoms with Crippen LogP contribution in [0.25, 0.3) is 10.9 Å². The van der Waals surface area contributed by atoms with Crippen LogP contribution in [0.15, 0.2) is 24.4 Å². The Morgan fingerprint density at radius 1 is 1.50 bits per heavy atom. The molecule has 0 amide bonds. The highest BCUT2D eigenvalue weighted by Gasteiger charge is 2.34. The monoisotopic (exact) mass is 267 g/mol. The Morgan fingerprint density at radius 2 is 2.25 bits per heavy atom. The molecule has 0 aliphatic carbocycles. The quantitative estimate of drug-likeness (QED) is 0.899. The molecule has 2 aromatic rings. The van der Waals surface area contributed by atoms with Crippen LogP contribution in [0.4, 0.5) is 5.69 Å². The molecule has 1 aliphatic rings. The first-order valence-corrected chi connectivity index (χ1v) is 6.37. The molecule has 1 N–H and O–H groups in total. The normalized spacial score (nSPS) is 14.9. The molecule has 0 saturated carbocycles. The molecule has 20 heavy (non-hydrogen) atoms. The van der Waals surface area contributed by atoms with Crippen molar-refractivity contribution >= 4 is 22.6 Å². The first-order valence-electron chi connectivity index (χ1n) is 6.37. The van der Waals surface area contributed by atoms with Crippen molar-refractivity contribution in [2.45, 2.75) is 6.92 Å². The predicted molar refractivity (Wildman–Crippen MR) is 74.5 cm³/mol. The van der Waals surface area contributed by atoms with E-state index in [1.54, 1.807) is 6.20 Å². The summed E-state index contributed by atoms with van der Waals surface area (Å²) < 4.78 is 0. The molecule has 2 heterocycles. The zero-order valence-corrected chi connectivity index (χ0v) is 11.0. The van der Waals surface area contributed by atoms with Gasteiger partial charge in [-0.2, -0.15) is 5.26 Å². The number of hydrogen-bond donors (Lipinski definition) is 1. The van der Waals surface area contributed by atoms with Gasteiger partial charge in [-0.3, -0.25) is 9.78 Å². The van der Waals surface area contributed by atoms with Crippen LogP contribution >= 0.6 is 0 Å². The van der Waals surface area contributed by atoms with E-state index in [4.69, 9.17) is 5.11 Å². The molecule has 0 unspecified atom stereocenters. The Kier molecular flexibility index (Phi) is 2.79. The number of nitrogens with zero attached hydrogens (tertiary/aromatic N) is 3. The molecule has 100 valence electrons. The van der Waals surface area contributed by atoms with Gasteiger partial charge in [-0.1, -0.05) is 11.6 Å². The molecule has 5 nitrogen and oxygen atoms in total. The Balaban J connectivity index is 2.11. The van der Waals surface area contributed by atoms with Crippen LogP contribution in [0.1, 0.15) is 11.1 Å². The van der Waals surface area contributed by atoms with E-state index in [1.807, 2.05) is 30.0 Å². The fraction of sp³-hybridized carbons (Fsp3) is 0.267. The van der Waals surface area contributed by atoms with Gasteiger partial charge in [0.1, 0.15) is 6.07 Å². The Morgan fingerprint density at radius 3 is 2.90 bits per heavy atom. The number of carboxylic acids is 1. The lowest BCUT2D eigenvalue weighted by Crippen LogP contribution is -2.50. The van der Waals surface area contributed by atoms with E-state index in [9.17, 15) is 10.1 Å². The van der Waals surface area contributed by atoms with Crippen molar-refractivity contribution in [1.82, 2.24) is 4.98 Å². The van der Waals surface area contributed by atoms with Gasteiger partial charge in [0.25, 0.3) is 0 Å². The Bertz CT molecular complexity index is 743. The topological polar surface area (TPSA) is 77.2 Å². The Hall–Kier alpha value is -2.61. The van der Waals surface area contributed by atoms with Crippen molar-refractivity contribution in [2.24, 2.45) is 5.92 Å². The summed E-state index contributed by atoms with van der Waals surface area (Å²) in [5.41, 5.74) is 3.21. The van der Waals surface area contributed by atoms with E-state index in [-0.39, 0.29) is 5.92 Å². The summed E-state index contributed by atoms with van der Waals surface area (Å²) in [5.74, 6) is -1.14. The summed E-state index contributed by atoms with van der Waals surface area (Å²) in [6.07, 6.45) is 1.56. The number of aliphatic carboxylic acids is 1. The zero-order valence-electron chi connectivity index (χ0n) is 11.0. The maximum Gasteiger partial charge on any atom is 0.310 e. The average molecular weight is 267 g/mol. The number of nitriles is 1. The van der Waals surface area contributed by atoms with E-state index in [0.717, 1.165) is 22.2 Å². The van der Waals surface area contributed by atoms with E-state index >= 15 is 0 Å². The van der Waals surface area contributed by atoms with Crippen molar-refractivity contribution in [3.05, 3.63) is 35.5 Å². The van der Waals surface area contributed by atoms with Gasteiger partial charge in [0.2, 0.25) is 0 Å². The number of fused-ring (bicyclic) bond motifs is 1.